The molecule has 0 aliphatic rings. The molecule has 17 heavy (non-hydrogen) atoms. The molecule has 0 spiro atoms. The van der Waals surface area contributed by atoms with Crippen LogP contribution in [0.3, 0.4) is 0 Å². The summed E-state index contributed by atoms with van der Waals surface area (Å²) >= 11 is 0. The lowest BCUT2D eigenvalue weighted by atomic mass is 10.1. The van der Waals surface area contributed by atoms with E-state index in [1.165, 1.54) is 0 Å². The van der Waals surface area contributed by atoms with Gasteiger partial charge in [-0.25, -0.2) is 0 Å². The van der Waals surface area contributed by atoms with Gasteiger partial charge in [-0.2, -0.15) is 0 Å². The summed E-state index contributed by atoms with van der Waals surface area (Å²) in [5, 5.41) is 0. The molecule has 1 unspecified atom stereocenters. The number of methoxy groups -OCH3 is 1. The van der Waals surface area contributed by atoms with Gasteiger partial charge in [0.2, 0.25) is 5.91 Å². The number of nitrogens with zero attached hydrogens (tertiary/aromatic N) is 1. The molecule has 0 fully saturated rings. The molecule has 0 heterocycles. The average Bonchev–Trinajstić information content (AvgIpc) is 2.36. The summed E-state index contributed by atoms with van der Waals surface area (Å²) in [6.07, 6.45) is 0.813. The summed E-state index contributed by atoms with van der Waals surface area (Å²) < 4.78 is 5.13. The van der Waals surface area contributed by atoms with Gasteiger partial charge in [0.05, 0.1) is 18.5 Å². The molecule has 1 amide bonds. The molecule has 1 atom stereocenters. The second-order valence-corrected chi connectivity index (χ2v) is 4.13. The minimum atomic E-state index is -0.00870. The average molecular weight is 236 g/mol. The Morgan fingerprint density at radius 1 is 1.53 bits per heavy atom. The summed E-state index contributed by atoms with van der Waals surface area (Å²) in [7, 11) is 3.32. The first-order chi connectivity index (χ1) is 8.01. The number of benzene rings is 1. The summed E-state index contributed by atoms with van der Waals surface area (Å²) in [5.41, 5.74) is 7.14. The molecule has 4 nitrogen and oxygen atoms in total. The van der Waals surface area contributed by atoms with Gasteiger partial charge in [0, 0.05) is 19.0 Å². The van der Waals surface area contributed by atoms with E-state index in [2.05, 4.69) is 0 Å². The van der Waals surface area contributed by atoms with Crippen molar-refractivity contribution in [1.82, 2.24) is 0 Å². The Hall–Kier alpha value is -1.71. The number of anilines is 2. The highest BCUT2D eigenvalue weighted by Crippen LogP contribution is 2.28. The Morgan fingerprint density at radius 2 is 2.18 bits per heavy atom. The van der Waals surface area contributed by atoms with E-state index in [1.807, 2.05) is 13.8 Å². The lowest BCUT2D eigenvalue weighted by molar-refractivity contribution is -0.121. The number of nitrogen functional groups attached to an aromatic ring is 1. The molecule has 1 rings (SSSR count). The van der Waals surface area contributed by atoms with E-state index >= 15 is 0 Å². The number of ether oxygens (including phenoxy) is 1. The summed E-state index contributed by atoms with van der Waals surface area (Å²) in [5.74, 6) is 0.746. The highest BCUT2D eigenvalue weighted by Gasteiger charge is 2.19. The van der Waals surface area contributed by atoms with Crippen LogP contribution in [0.1, 0.15) is 20.3 Å². The fraction of sp³-hybridized carbons (Fsp3) is 0.462. The maximum atomic E-state index is 12.1. The van der Waals surface area contributed by atoms with E-state index in [4.69, 9.17) is 10.5 Å². The predicted octanol–water partition coefficient (Wildman–Crippen LogP) is 2.29. The number of nitrogens with two attached hydrogens (primary N) is 1. The minimum absolute atomic E-state index is 0.00870. The first-order valence-electron chi connectivity index (χ1n) is 5.72. The molecule has 1 aromatic rings. The molecular weight excluding hydrogens is 216 g/mol. The monoisotopic (exact) mass is 236 g/mol. The molecule has 0 saturated heterocycles. The van der Waals surface area contributed by atoms with Crippen LogP contribution in [0.5, 0.6) is 5.75 Å². The zero-order valence-electron chi connectivity index (χ0n) is 10.9. The minimum Gasteiger partial charge on any atom is -0.497 e. The van der Waals surface area contributed by atoms with Crippen LogP contribution in [0.25, 0.3) is 0 Å². The van der Waals surface area contributed by atoms with Crippen LogP contribution < -0.4 is 15.4 Å². The second-order valence-electron chi connectivity index (χ2n) is 4.13. The van der Waals surface area contributed by atoms with Gasteiger partial charge in [0.1, 0.15) is 5.75 Å². The van der Waals surface area contributed by atoms with Crippen molar-refractivity contribution in [1.29, 1.82) is 0 Å². The van der Waals surface area contributed by atoms with E-state index in [-0.39, 0.29) is 11.8 Å². The molecule has 0 aliphatic heterocycles. The van der Waals surface area contributed by atoms with Crippen LogP contribution in [0, 0.1) is 5.92 Å². The number of carbonyl (C=O) groups excluding carboxylic acids is 1. The smallest absolute Gasteiger partial charge is 0.229 e. The van der Waals surface area contributed by atoms with Gasteiger partial charge in [0.25, 0.3) is 0 Å². The number of carbonyl (C=O) groups is 1. The first kappa shape index (κ1) is 13.4. The third-order valence-corrected chi connectivity index (χ3v) is 2.96. The molecule has 94 valence electrons. The van der Waals surface area contributed by atoms with Gasteiger partial charge in [-0.1, -0.05) is 13.8 Å². The zero-order valence-corrected chi connectivity index (χ0v) is 10.9. The molecular formula is C13H20N2O2. The molecule has 1 aromatic carbocycles. The third-order valence-electron chi connectivity index (χ3n) is 2.96. The predicted molar refractivity (Wildman–Crippen MR) is 70.3 cm³/mol. The maximum Gasteiger partial charge on any atom is 0.229 e. The highest BCUT2D eigenvalue weighted by molar-refractivity contribution is 5.97. The van der Waals surface area contributed by atoms with E-state index in [0.717, 1.165) is 6.42 Å². The van der Waals surface area contributed by atoms with Crippen LogP contribution in [-0.2, 0) is 4.79 Å². The van der Waals surface area contributed by atoms with E-state index in [0.29, 0.717) is 17.1 Å². The number of hydrogen-bond donors (Lipinski definition) is 1. The Morgan fingerprint density at radius 3 is 2.71 bits per heavy atom. The van der Waals surface area contributed by atoms with Gasteiger partial charge in [-0.3, -0.25) is 4.79 Å². The largest absolute Gasteiger partial charge is 0.497 e. The summed E-state index contributed by atoms with van der Waals surface area (Å²) in [6, 6.07) is 5.30. The quantitative estimate of drug-likeness (QED) is 0.816. The SMILES string of the molecule is CCC(C)C(=O)N(C)c1cc(OC)ccc1N. The Labute approximate surface area is 102 Å². The molecule has 4 heteroatoms. The zero-order chi connectivity index (χ0) is 13.0. The van der Waals surface area contributed by atoms with E-state index < -0.39 is 0 Å². The first-order valence-corrected chi connectivity index (χ1v) is 5.72. The number of rotatable bonds is 4. The highest BCUT2D eigenvalue weighted by atomic mass is 16.5. The summed E-state index contributed by atoms with van der Waals surface area (Å²) in [6.45, 7) is 3.90. The number of hydrogen-bond acceptors (Lipinski definition) is 3. The van der Waals surface area contributed by atoms with Crippen molar-refractivity contribution in [2.45, 2.75) is 20.3 Å². The van der Waals surface area contributed by atoms with Gasteiger partial charge < -0.3 is 15.4 Å². The van der Waals surface area contributed by atoms with Crippen molar-refractivity contribution in [2.75, 3.05) is 24.8 Å². The van der Waals surface area contributed by atoms with Crippen molar-refractivity contribution in [3.05, 3.63) is 18.2 Å². The number of amides is 1. The lowest BCUT2D eigenvalue weighted by Gasteiger charge is -2.22. The Bertz CT molecular complexity index is 404. The van der Waals surface area contributed by atoms with Crippen molar-refractivity contribution in [3.8, 4) is 5.75 Å². The molecule has 0 aliphatic carbocycles. The molecule has 0 bridgehead atoms. The van der Waals surface area contributed by atoms with Crippen molar-refractivity contribution >= 4 is 17.3 Å². The topological polar surface area (TPSA) is 55.6 Å². The molecule has 0 aromatic heterocycles. The molecule has 0 radical (unpaired) electrons. The summed E-state index contributed by atoms with van der Waals surface area (Å²) in [4.78, 5) is 13.6. The van der Waals surface area contributed by atoms with Crippen molar-refractivity contribution in [3.63, 3.8) is 0 Å². The fourth-order valence-corrected chi connectivity index (χ4v) is 1.56. The van der Waals surface area contributed by atoms with Crippen molar-refractivity contribution < 1.29 is 9.53 Å². The van der Waals surface area contributed by atoms with Gasteiger partial charge in [-0.05, 0) is 18.6 Å². The van der Waals surface area contributed by atoms with Gasteiger partial charge in [0.15, 0.2) is 0 Å². The second kappa shape index (κ2) is 5.57. The third kappa shape index (κ3) is 2.90. The molecule has 0 saturated carbocycles. The van der Waals surface area contributed by atoms with Crippen LogP contribution in [0.2, 0.25) is 0 Å². The lowest BCUT2D eigenvalue weighted by Crippen LogP contribution is -2.31. The Kier molecular flexibility index (Phi) is 4.37. The fourth-order valence-electron chi connectivity index (χ4n) is 1.56. The Balaban J connectivity index is 3.02. The van der Waals surface area contributed by atoms with E-state index in [1.54, 1.807) is 37.3 Å². The standard InChI is InChI=1S/C13H20N2O2/c1-5-9(2)13(16)15(3)12-8-10(17-4)6-7-11(12)14/h6-9H,5,14H2,1-4H3. The van der Waals surface area contributed by atoms with E-state index in [9.17, 15) is 4.79 Å². The van der Waals surface area contributed by atoms with Crippen LogP contribution in [0.15, 0.2) is 18.2 Å². The van der Waals surface area contributed by atoms with Gasteiger partial charge in [-0.15, -0.1) is 0 Å². The van der Waals surface area contributed by atoms with Crippen LogP contribution >= 0.6 is 0 Å². The van der Waals surface area contributed by atoms with Crippen LogP contribution in [0.4, 0.5) is 11.4 Å². The molecule has 2 N–H and O–H groups in total. The maximum absolute atomic E-state index is 12.1. The normalized spacial score (nSPS) is 12.0. The van der Waals surface area contributed by atoms with Crippen molar-refractivity contribution in [2.24, 2.45) is 5.92 Å². The van der Waals surface area contributed by atoms with Crippen LogP contribution in [-0.4, -0.2) is 20.1 Å². The van der Waals surface area contributed by atoms with Gasteiger partial charge >= 0.3 is 0 Å².